The van der Waals surface area contributed by atoms with E-state index in [2.05, 4.69) is 10.1 Å². The lowest BCUT2D eigenvalue weighted by molar-refractivity contribution is -0.313. The van der Waals surface area contributed by atoms with Crippen LogP contribution in [0.5, 0.6) is 0 Å². The van der Waals surface area contributed by atoms with Gasteiger partial charge in [0.05, 0.1) is 18.2 Å². The van der Waals surface area contributed by atoms with E-state index < -0.39 is 53.8 Å². The van der Waals surface area contributed by atoms with Crippen molar-refractivity contribution in [1.29, 1.82) is 0 Å². The highest BCUT2D eigenvalue weighted by atomic mass is 35.5. The van der Waals surface area contributed by atoms with Gasteiger partial charge in [-0.3, -0.25) is 4.68 Å². The monoisotopic (exact) mass is 511 g/mol. The first-order valence-electron chi connectivity index (χ1n) is 11.3. The fraction of sp³-hybridized carbons (Fsp3) is 0.609. The number of aliphatic hydroxyl groups is 4. The lowest BCUT2D eigenvalue weighted by atomic mass is 9.72. The normalized spacial score (nSPS) is 36.8. The zero-order chi connectivity index (χ0) is 25.5. The maximum absolute atomic E-state index is 12.1. The number of ether oxygens (including phenoxy) is 2. The van der Waals surface area contributed by atoms with Crippen molar-refractivity contribution in [3.63, 3.8) is 0 Å². The Balaban J connectivity index is 1.62. The third kappa shape index (κ3) is 4.82. The maximum Gasteiger partial charge on any atom is 0.335 e. The fourth-order valence-corrected chi connectivity index (χ4v) is 5.28. The molecule has 35 heavy (non-hydrogen) atoms. The molecule has 11 nitrogen and oxygen atoms in total. The number of nitrogens with zero attached hydrogens (tertiary/aromatic N) is 3. The number of hydrogen-bond acceptors (Lipinski definition) is 9. The highest BCUT2D eigenvalue weighted by Gasteiger charge is 2.61. The molecular formula is C23H30ClN3O8. The lowest BCUT2D eigenvalue weighted by Gasteiger charge is -2.44. The summed E-state index contributed by atoms with van der Waals surface area (Å²) in [6.45, 7) is 3.74. The summed E-state index contributed by atoms with van der Waals surface area (Å²) in [6, 6.07) is 7.30. The van der Waals surface area contributed by atoms with Gasteiger partial charge < -0.3 is 35.0 Å². The smallest absolute Gasteiger partial charge is 0.335 e. The van der Waals surface area contributed by atoms with Crippen molar-refractivity contribution in [2.24, 2.45) is 11.3 Å². The second kappa shape index (κ2) is 9.74. The molecule has 2 aromatic rings. The Labute approximate surface area is 206 Å². The minimum atomic E-state index is -1.82. The summed E-state index contributed by atoms with van der Waals surface area (Å²) >= 11 is 6.02. The number of halogens is 1. The first kappa shape index (κ1) is 26.0. The highest BCUT2D eigenvalue weighted by molar-refractivity contribution is 6.30. The van der Waals surface area contributed by atoms with Crippen molar-refractivity contribution in [3.8, 4) is 0 Å². The first-order valence-corrected chi connectivity index (χ1v) is 11.7. The largest absolute Gasteiger partial charge is 0.479 e. The summed E-state index contributed by atoms with van der Waals surface area (Å²) < 4.78 is 12.9. The number of benzene rings is 1. The summed E-state index contributed by atoms with van der Waals surface area (Å²) in [5, 5.41) is 56.8. The molecule has 5 N–H and O–H groups in total. The summed E-state index contributed by atoms with van der Waals surface area (Å²) in [4.78, 5) is 15.4. The van der Waals surface area contributed by atoms with Crippen LogP contribution in [0.1, 0.15) is 25.8 Å². The molecule has 4 rings (SSSR count). The Morgan fingerprint density at radius 3 is 2.49 bits per heavy atom. The average Bonchev–Trinajstić information content (AvgIpc) is 3.37. The van der Waals surface area contributed by atoms with Gasteiger partial charge in [-0.15, -0.1) is 0 Å². The summed E-state index contributed by atoms with van der Waals surface area (Å²) in [5.74, 6) is -1.83. The third-order valence-corrected chi connectivity index (χ3v) is 7.72. The molecule has 8 atom stereocenters. The van der Waals surface area contributed by atoms with Crippen molar-refractivity contribution >= 4 is 17.6 Å². The highest BCUT2D eigenvalue weighted by Crippen LogP contribution is 2.53. The van der Waals surface area contributed by atoms with E-state index in [0.29, 0.717) is 17.9 Å². The minimum Gasteiger partial charge on any atom is -0.479 e. The maximum atomic E-state index is 12.1. The van der Waals surface area contributed by atoms with E-state index in [1.807, 2.05) is 26.0 Å². The molecule has 1 aromatic heterocycles. The van der Waals surface area contributed by atoms with Crippen molar-refractivity contribution < 1.29 is 39.8 Å². The van der Waals surface area contributed by atoms with Crippen molar-refractivity contribution in [2.45, 2.75) is 75.6 Å². The van der Waals surface area contributed by atoms with Gasteiger partial charge in [0.1, 0.15) is 31.0 Å². The van der Waals surface area contributed by atoms with Crippen LogP contribution in [0.15, 0.2) is 36.9 Å². The Kier molecular flexibility index (Phi) is 7.22. The second-order valence-electron chi connectivity index (χ2n) is 9.86. The van der Waals surface area contributed by atoms with Crippen LogP contribution in [0.3, 0.4) is 0 Å². The molecule has 0 bridgehead atoms. The van der Waals surface area contributed by atoms with E-state index in [4.69, 9.17) is 21.1 Å². The molecule has 2 fully saturated rings. The number of hydrogen-bond donors (Lipinski definition) is 5. The topological polar surface area (TPSA) is 167 Å². The van der Waals surface area contributed by atoms with E-state index in [1.54, 1.807) is 12.1 Å². The summed E-state index contributed by atoms with van der Waals surface area (Å²) in [6.07, 6.45) is -5.59. The molecule has 0 amide bonds. The zero-order valence-electron chi connectivity index (χ0n) is 19.3. The van der Waals surface area contributed by atoms with Gasteiger partial charge in [-0.05, 0) is 36.5 Å². The Morgan fingerprint density at radius 1 is 1.20 bits per heavy atom. The van der Waals surface area contributed by atoms with E-state index in [1.165, 1.54) is 17.3 Å². The molecule has 12 heteroatoms. The van der Waals surface area contributed by atoms with Gasteiger partial charge in [-0.1, -0.05) is 37.6 Å². The van der Waals surface area contributed by atoms with Gasteiger partial charge in [0.25, 0.3) is 0 Å². The lowest BCUT2D eigenvalue weighted by Crippen LogP contribution is -2.61. The molecule has 1 saturated heterocycles. The predicted octanol–water partition coefficient (Wildman–Crippen LogP) is 0.229. The van der Waals surface area contributed by atoms with E-state index >= 15 is 0 Å². The zero-order valence-corrected chi connectivity index (χ0v) is 20.1. The van der Waals surface area contributed by atoms with Crippen molar-refractivity contribution in [2.75, 3.05) is 0 Å². The first-order chi connectivity index (χ1) is 16.4. The molecule has 0 unspecified atom stereocenters. The van der Waals surface area contributed by atoms with Crippen LogP contribution in [0.25, 0.3) is 0 Å². The van der Waals surface area contributed by atoms with Crippen LogP contribution in [-0.2, 0) is 27.2 Å². The van der Waals surface area contributed by atoms with Gasteiger partial charge in [0.15, 0.2) is 12.4 Å². The van der Waals surface area contributed by atoms with E-state index in [9.17, 15) is 30.3 Å². The quantitative estimate of drug-likeness (QED) is 0.347. The molecule has 0 radical (unpaired) electrons. The molecule has 1 aromatic carbocycles. The number of carboxylic acids is 1. The van der Waals surface area contributed by atoms with Crippen LogP contribution in [-0.4, -0.2) is 88.7 Å². The third-order valence-electron chi connectivity index (χ3n) is 7.47. The molecule has 1 aliphatic carbocycles. The van der Waals surface area contributed by atoms with Crippen LogP contribution >= 0.6 is 11.6 Å². The van der Waals surface area contributed by atoms with Gasteiger partial charge in [-0.25, -0.2) is 9.78 Å². The van der Waals surface area contributed by atoms with Crippen LogP contribution in [0.2, 0.25) is 5.02 Å². The minimum absolute atomic E-state index is 0.116. The van der Waals surface area contributed by atoms with Crippen molar-refractivity contribution in [3.05, 3.63) is 47.5 Å². The fourth-order valence-electron chi connectivity index (χ4n) is 5.16. The molecule has 2 heterocycles. The van der Waals surface area contributed by atoms with Crippen LogP contribution in [0, 0.1) is 11.3 Å². The van der Waals surface area contributed by atoms with Gasteiger partial charge in [0.2, 0.25) is 0 Å². The van der Waals surface area contributed by atoms with E-state index in [0.717, 1.165) is 5.56 Å². The summed E-state index contributed by atoms with van der Waals surface area (Å²) in [5.41, 5.74) is -1.33. The Hall–Kier alpha value is -2.12. The SMILES string of the molecule is CC1(C)[C@H](O[C@H]2O[C@H](C(=O)O)[C@@H](O)[C@H](O)[C@H]2O)C[C@H](Cc2ccc(Cl)cc2)[C@@]1(O)Cn1cncn1. The number of aliphatic carboxylic acids is 1. The standard InChI is InChI=1S/C23H30ClN3O8/c1-22(2)15(34-21-18(30)16(28)17(29)19(35-21)20(31)32)8-13(7-12-3-5-14(24)6-4-12)23(22,33)9-27-11-25-10-26-27/h3-6,10-11,13,15-19,21,28-30,33H,7-9H2,1-2H3,(H,31,32)/t13-,15+,16-,17-,18+,19-,21-,23-/m0/s1. The summed E-state index contributed by atoms with van der Waals surface area (Å²) in [7, 11) is 0. The van der Waals surface area contributed by atoms with Gasteiger partial charge in [-0.2, -0.15) is 5.10 Å². The molecule has 192 valence electrons. The van der Waals surface area contributed by atoms with E-state index in [-0.39, 0.29) is 12.5 Å². The number of aromatic nitrogens is 3. The van der Waals surface area contributed by atoms with Gasteiger partial charge >= 0.3 is 5.97 Å². The Morgan fingerprint density at radius 2 is 1.89 bits per heavy atom. The molecule has 1 aliphatic heterocycles. The molecule has 2 aliphatic rings. The van der Waals surface area contributed by atoms with Crippen molar-refractivity contribution in [1.82, 2.24) is 14.8 Å². The van der Waals surface area contributed by atoms with Crippen LogP contribution in [0.4, 0.5) is 0 Å². The van der Waals surface area contributed by atoms with Gasteiger partial charge in [0, 0.05) is 10.4 Å². The Bertz CT molecular complexity index is 1020. The average molecular weight is 512 g/mol. The molecule has 0 spiro atoms. The number of carbonyl (C=O) groups is 1. The second-order valence-corrected chi connectivity index (χ2v) is 10.3. The number of carboxylic acid groups (broad SMARTS) is 1. The molecule has 1 saturated carbocycles. The number of rotatable bonds is 7. The predicted molar refractivity (Wildman–Crippen MR) is 121 cm³/mol. The number of aliphatic hydroxyl groups excluding tert-OH is 3. The molecular weight excluding hydrogens is 482 g/mol. The van der Waals surface area contributed by atoms with Crippen LogP contribution < -0.4 is 0 Å².